The van der Waals surface area contributed by atoms with Crippen LogP contribution in [0.5, 0.6) is 0 Å². The van der Waals surface area contributed by atoms with Gasteiger partial charge >= 0.3 is 0 Å². The molecule has 2 heterocycles. The van der Waals surface area contributed by atoms with Crippen molar-refractivity contribution in [2.45, 2.75) is 26.4 Å². The molecule has 0 radical (unpaired) electrons. The molecule has 4 nitrogen and oxygen atoms in total. The molecule has 0 aromatic carbocycles. The summed E-state index contributed by atoms with van der Waals surface area (Å²) in [5, 5.41) is 5.49. The van der Waals surface area contributed by atoms with Gasteiger partial charge in [0.15, 0.2) is 0 Å². The fourth-order valence-corrected chi connectivity index (χ4v) is 3.02. The van der Waals surface area contributed by atoms with Crippen molar-refractivity contribution < 1.29 is 0 Å². The first kappa shape index (κ1) is 15.4. The molecular formula is C14H19BrN4S. The maximum absolute atomic E-state index is 4.43. The monoisotopic (exact) mass is 354 g/mol. The highest BCUT2D eigenvalue weighted by atomic mass is 79.9. The highest BCUT2D eigenvalue weighted by Gasteiger charge is 2.06. The van der Waals surface area contributed by atoms with Gasteiger partial charge in [-0.05, 0) is 45.9 Å². The van der Waals surface area contributed by atoms with E-state index in [2.05, 4.69) is 54.5 Å². The van der Waals surface area contributed by atoms with Crippen LogP contribution in [0, 0.1) is 0 Å². The van der Waals surface area contributed by atoms with Crippen molar-refractivity contribution in [1.82, 2.24) is 15.3 Å². The SMILES string of the molecule is CCCNCc1cnc(N(C)Cc2csc(Br)c2)nc1. The summed E-state index contributed by atoms with van der Waals surface area (Å²) in [4.78, 5) is 10.9. The Kier molecular flexibility index (Phi) is 5.94. The van der Waals surface area contributed by atoms with E-state index in [0.717, 1.165) is 41.4 Å². The molecule has 0 amide bonds. The molecule has 2 rings (SSSR count). The summed E-state index contributed by atoms with van der Waals surface area (Å²) in [6.45, 7) is 4.82. The predicted octanol–water partition coefficient (Wildman–Crippen LogP) is 3.44. The zero-order valence-electron chi connectivity index (χ0n) is 11.8. The zero-order chi connectivity index (χ0) is 14.4. The van der Waals surface area contributed by atoms with E-state index < -0.39 is 0 Å². The minimum absolute atomic E-state index is 0.756. The molecule has 0 aliphatic rings. The largest absolute Gasteiger partial charge is 0.340 e. The quantitative estimate of drug-likeness (QED) is 0.773. The minimum atomic E-state index is 0.756. The number of nitrogens with zero attached hydrogens (tertiary/aromatic N) is 3. The number of anilines is 1. The molecule has 20 heavy (non-hydrogen) atoms. The summed E-state index contributed by atoms with van der Waals surface area (Å²) in [7, 11) is 2.01. The van der Waals surface area contributed by atoms with Crippen molar-refractivity contribution in [2.75, 3.05) is 18.5 Å². The molecule has 2 aromatic rings. The van der Waals surface area contributed by atoms with E-state index in [1.54, 1.807) is 11.3 Å². The van der Waals surface area contributed by atoms with Gasteiger partial charge in [-0.15, -0.1) is 11.3 Å². The fourth-order valence-electron chi connectivity index (χ4n) is 1.82. The van der Waals surface area contributed by atoms with Crippen LogP contribution < -0.4 is 10.2 Å². The molecule has 0 spiro atoms. The first-order valence-corrected chi connectivity index (χ1v) is 8.32. The van der Waals surface area contributed by atoms with E-state index in [1.165, 1.54) is 5.56 Å². The Labute approximate surface area is 132 Å². The summed E-state index contributed by atoms with van der Waals surface area (Å²) < 4.78 is 1.15. The van der Waals surface area contributed by atoms with Crippen molar-refractivity contribution in [1.29, 1.82) is 0 Å². The third kappa shape index (κ3) is 4.54. The van der Waals surface area contributed by atoms with Crippen LogP contribution in [0.1, 0.15) is 24.5 Å². The highest BCUT2D eigenvalue weighted by Crippen LogP contribution is 2.22. The maximum atomic E-state index is 4.43. The number of rotatable bonds is 7. The van der Waals surface area contributed by atoms with Crippen LogP contribution in [0.25, 0.3) is 0 Å². The second-order valence-corrected chi connectivity index (χ2v) is 6.97. The van der Waals surface area contributed by atoms with E-state index in [0.29, 0.717) is 0 Å². The molecule has 1 N–H and O–H groups in total. The van der Waals surface area contributed by atoms with Gasteiger partial charge in [0.2, 0.25) is 5.95 Å². The Morgan fingerprint density at radius 1 is 1.30 bits per heavy atom. The smallest absolute Gasteiger partial charge is 0.225 e. The molecule has 2 aromatic heterocycles. The Morgan fingerprint density at radius 3 is 2.65 bits per heavy atom. The Balaban J connectivity index is 1.91. The second kappa shape index (κ2) is 7.71. The Morgan fingerprint density at radius 2 is 2.05 bits per heavy atom. The van der Waals surface area contributed by atoms with Crippen molar-refractivity contribution in [3.05, 3.63) is 38.8 Å². The van der Waals surface area contributed by atoms with E-state index in [-0.39, 0.29) is 0 Å². The van der Waals surface area contributed by atoms with Gasteiger partial charge in [0.05, 0.1) is 3.79 Å². The molecule has 0 fully saturated rings. The average Bonchev–Trinajstić information content (AvgIpc) is 2.85. The van der Waals surface area contributed by atoms with Crippen molar-refractivity contribution in [3.8, 4) is 0 Å². The van der Waals surface area contributed by atoms with Crippen molar-refractivity contribution >= 4 is 33.2 Å². The van der Waals surface area contributed by atoms with E-state index in [9.17, 15) is 0 Å². The predicted molar refractivity (Wildman–Crippen MR) is 88.2 cm³/mol. The van der Waals surface area contributed by atoms with Gasteiger partial charge in [-0.25, -0.2) is 9.97 Å². The minimum Gasteiger partial charge on any atom is -0.340 e. The standard InChI is InChI=1S/C14H19BrN4S/c1-3-4-16-6-12-7-17-14(18-8-12)19(2)9-11-5-13(15)20-10-11/h5,7-8,10,16H,3-4,6,9H2,1-2H3. The Bertz CT molecular complexity index is 526. The fraction of sp³-hybridized carbons (Fsp3) is 0.429. The Hall–Kier alpha value is -0.980. The third-order valence-electron chi connectivity index (χ3n) is 2.83. The lowest BCUT2D eigenvalue weighted by molar-refractivity contribution is 0.671. The zero-order valence-corrected chi connectivity index (χ0v) is 14.2. The third-order valence-corrected chi connectivity index (χ3v) is 4.38. The molecule has 0 aliphatic carbocycles. The second-order valence-electron chi connectivity index (χ2n) is 4.68. The molecule has 0 unspecified atom stereocenters. The highest BCUT2D eigenvalue weighted by molar-refractivity contribution is 9.11. The van der Waals surface area contributed by atoms with Crippen LogP contribution in [0.15, 0.2) is 27.6 Å². The van der Waals surface area contributed by atoms with Crippen molar-refractivity contribution in [3.63, 3.8) is 0 Å². The molecule has 0 atom stereocenters. The van der Waals surface area contributed by atoms with Crippen LogP contribution >= 0.6 is 27.3 Å². The molecule has 108 valence electrons. The van der Waals surface area contributed by atoms with Gasteiger partial charge in [-0.2, -0.15) is 0 Å². The number of halogens is 1. The molecule has 6 heteroatoms. The van der Waals surface area contributed by atoms with Gasteiger partial charge in [0, 0.05) is 38.1 Å². The summed E-state index contributed by atoms with van der Waals surface area (Å²) in [5.41, 5.74) is 2.38. The normalized spacial score (nSPS) is 10.8. The molecule has 0 saturated carbocycles. The van der Waals surface area contributed by atoms with Crippen LogP contribution in [0.4, 0.5) is 5.95 Å². The van der Waals surface area contributed by atoms with Gasteiger partial charge in [0.1, 0.15) is 0 Å². The lowest BCUT2D eigenvalue weighted by Crippen LogP contribution is -2.19. The van der Waals surface area contributed by atoms with Crippen LogP contribution in [-0.2, 0) is 13.1 Å². The summed E-state index contributed by atoms with van der Waals surface area (Å²) in [6, 6.07) is 2.13. The maximum Gasteiger partial charge on any atom is 0.225 e. The van der Waals surface area contributed by atoms with Crippen LogP contribution in [0.2, 0.25) is 0 Å². The van der Waals surface area contributed by atoms with Crippen LogP contribution in [-0.4, -0.2) is 23.6 Å². The van der Waals surface area contributed by atoms with Gasteiger partial charge in [0.25, 0.3) is 0 Å². The lowest BCUT2D eigenvalue weighted by atomic mass is 10.3. The summed E-state index contributed by atoms with van der Waals surface area (Å²) in [5.74, 6) is 0.756. The summed E-state index contributed by atoms with van der Waals surface area (Å²) >= 11 is 5.18. The van der Waals surface area contributed by atoms with E-state index in [1.807, 2.05) is 19.4 Å². The number of hydrogen-bond acceptors (Lipinski definition) is 5. The molecule has 0 saturated heterocycles. The molecule has 0 bridgehead atoms. The van der Waals surface area contributed by atoms with Gasteiger partial charge < -0.3 is 10.2 Å². The van der Waals surface area contributed by atoms with E-state index in [4.69, 9.17) is 0 Å². The summed E-state index contributed by atoms with van der Waals surface area (Å²) in [6.07, 6.45) is 4.92. The first-order chi connectivity index (χ1) is 9.69. The number of aromatic nitrogens is 2. The van der Waals surface area contributed by atoms with Crippen LogP contribution in [0.3, 0.4) is 0 Å². The van der Waals surface area contributed by atoms with Gasteiger partial charge in [-0.3, -0.25) is 0 Å². The molecule has 0 aliphatic heterocycles. The van der Waals surface area contributed by atoms with E-state index >= 15 is 0 Å². The van der Waals surface area contributed by atoms with Gasteiger partial charge in [-0.1, -0.05) is 6.92 Å². The van der Waals surface area contributed by atoms with Crippen molar-refractivity contribution in [2.24, 2.45) is 0 Å². The number of hydrogen-bond donors (Lipinski definition) is 1. The average molecular weight is 355 g/mol. The first-order valence-electron chi connectivity index (χ1n) is 6.64. The lowest BCUT2D eigenvalue weighted by Gasteiger charge is -2.16. The topological polar surface area (TPSA) is 41.1 Å². The number of thiophene rings is 1. The number of nitrogens with one attached hydrogen (secondary N) is 1. The molecular weight excluding hydrogens is 336 g/mol.